The van der Waals surface area contributed by atoms with Crippen LogP contribution in [0.3, 0.4) is 0 Å². The van der Waals surface area contributed by atoms with Crippen molar-refractivity contribution in [3.63, 3.8) is 0 Å². The molecule has 0 atom stereocenters. The van der Waals surface area contributed by atoms with Crippen LogP contribution in [0.1, 0.15) is 24.1 Å². The molecule has 4 rings (SSSR count). The van der Waals surface area contributed by atoms with Crippen molar-refractivity contribution in [3.8, 4) is 11.3 Å². The molecule has 3 aromatic rings. The second kappa shape index (κ2) is 7.28. The number of pyridine rings is 2. The number of rotatable bonds is 5. The summed E-state index contributed by atoms with van der Waals surface area (Å²) in [5.41, 5.74) is 3.32. The van der Waals surface area contributed by atoms with Gasteiger partial charge in [-0.05, 0) is 63.7 Å². The van der Waals surface area contributed by atoms with Crippen LogP contribution in [0, 0.1) is 18.7 Å². The number of hydrogen-bond acceptors (Lipinski definition) is 4. The average molecular weight is 378 g/mol. The molecule has 0 bridgehead atoms. The zero-order valence-corrected chi connectivity index (χ0v) is 16.3. The van der Waals surface area contributed by atoms with Crippen molar-refractivity contribution >= 4 is 22.5 Å². The van der Waals surface area contributed by atoms with E-state index in [2.05, 4.69) is 10.3 Å². The predicted molar refractivity (Wildman–Crippen MR) is 108 cm³/mol. The molecule has 6 heteroatoms. The number of fused-ring (bicyclic) bond motifs is 1. The van der Waals surface area contributed by atoms with Gasteiger partial charge >= 0.3 is 0 Å². The number of nitrogens with one attached hydrogen (secondary N) is 1. The van der Waals surface area contributed by atoms with Crippen molar-refractivity contribution in [2.24, 2.45) is 5.92 Å². The Kier molecular flexibility index (Phi) is 4.81. The van der Waals surface area contributed by atoms with Gasteiger partial charge in [-0.3, -0.25) is 9.78 Å². The summed E-state index contributed by atoms with van der Waals surface area (Å²) in [6.45, 7) is 2.57. The molecule has 144 valence electrons. The number of benzene rings is 1. The van der Waals surface area contributed by atoms with Gasteiger partial charge in [-0.25, -0.2) is 9.37 Å². The summed E-state index contributed by atoms with van der Waals surface area (Å²) in [5.74, 6) is 0.407. The summed E-state index contributed by atoms with van der Waals surface area (Å²) in [5, 5.41) is 4.75. The highest BCUT2D eigenvalue weighted by Crippen LogP contribution is 2.31. The lowest BCUT2D eigenvalue weighted by molar-refractivity contribution is -0.117. The summed E-state index contributed by atoms with van der Waals surface area (Å²) in [6, 6.07) is 8.54. The first-order chi connectivity index (χ1) is 13.4. The Balaban J connectivity index is 1.81. The molecule has 0 radical (unpaired) electrons. The van der Waals surface area contributed by atoms with E-state index in [1.165, 1.54) is 12.1 Å². The number of aryl methyl sites for hydroxylation is 1. The number of carbonyl (C=O) groups excluding carboxylic acids is 1. The fraction of sp³-hybridized carbons (Fsp3) is 0.318. The molecule has 2 aromatic heterocycles. The molecule has 1 N–H and O–H groups in total. The van der Waals surface area contributed by atoms with Crippen LogP contribution in [-0.2, 0) is 11.3 Å². The molecule has 0 saturated heterocycles. The van der Waals surface area contributed by atoms with E-state index in [0.717, 1.165) is 46.1 Å². The number of carbonyl (C=O) groups is 1. The molecule has 1 aliphatic rings. The minimum absolute atomic E-state index is 0.0287. The first kappa shape index (κ1) is 18.5. The van der Waals surface area contributed by atoms with Crippen molar-refractivity contribution in [3.05, 3.63) is 53.6 Å². The quantitative estimate of drug-likeness (QED) is 0.724. The Bertz CT molecular complexity index is 1060. The molecule has 2 heterocycles. The van der Waals surface area contributed by atoms with Gasteiger partial charge in [-0.2, -0.15) is 0 Å². The second-order valence-corrected chi connectivity index (χ2v) is 7.71. The van der Waals surface area contributed by atoms with Gasteiger partial charge in [0.15, 0.2) is 0 Å². The molecule has 0 spiro atoms. The van der Waals surface area contributed by atoms with Crippen LogP contribution in [0.5, 0.6) is 0 Å². The number of hydrogen-bond donors (Lipinski definition) is 1. The van der Waals surface area contributed by atoms with Gasteiger partial charge in [0.05, 0.1) is 11.4 Å². The molecular weight excluding hydrogens is 355 g/mol. The van der Waals surface area contributed by atoms with Gasteiger partial charge in [-0.1, -0.05) is 6.07 Å². The smallest absolute Gasteiger partial charge is 0.228 e. The predicted octanol–water partition coefficient (Wildman–Crippen LogP) is 4.15. The van der Waals surface area contributed by atoms with Gasteiger partial charge in [0.1, 0.15) is 11.6 Å². The van der Waals surface area contributed by atoms with Crippen molar-refractivity contribution in [2.75, 3.05) is 19.4 Å². The van der Waals surface area contributed by atoms with Gasteiger partial charge in [0.2, 0.25) is 5.91 Å². The minimum atomic E-state index is -0.284. The van der Waals surface area contributed by atoms with Crippen molar-refractivity contribution in [1.82, 2.24) is 14.9 Å². The summed E-state index contributed by atoms with van der Waals surface area (Å²) in [7, 11) is 3.95. The summed E-state index contributed by atoms with van der Waals surface area (Å²) in [4.78, 5) is 23.3. The molecule has 1 amide bonds. The van der Waals surface area contributed by atoms with E-state index in [1.54, 1.807) is 12.3 Å². The summed E-state index contributed by atoms with van der Waals surface area (Å²) >= 11 is 0. The molecule has 28 heavy (non-hydrogen) atoms. The molecule has 0 aliphatic heterocycles. The summed E-state index contributed by atoms with van der Waals surface area (Å²) < 4.78 is 13.8. The van der Waals surface area contributed by atoms with Crippen LogP contribution < -0.4 is 5.32 Å². The van der Waals surface area contributed by atoms with Crippen LogP contribution in [0.2, 0.25) is 0 Å². The number of nitrogens with zero attached hydrogens (tertiary/aromatic N) is 3. The van der Waals surface area contributed by atoms with Crippen LogP contribution in [0.25, 0.3) is 22.0 Å². The van der Waals surface area contributed by atoms with Gasteiger partial charge in [0, 0.05) is 35.0 Å². The van der Waals surface area contributed by atoms with Gasteiger partial charge < -0.3 is 10.2 Å². The van der Waals surface area contributed by atoms with Gasteiger partial charge in [-0.15, -0.1) is 0 Å². The van der Waals surface area contributed by atoms with E-state index in [1.807, 2.05) is 38.1 Å². The number of amides is 1. The van der Waals surface area contributed by atoms with E-state index in [0.29, 0.717) is 12.4 Å². The standard InChI is InChI=1S/C22H23FN4O/c1-13-4-7-16(23)9-17(13)19-8-15-11-24-21(26-22(28)14-5-6-14)10-18(15)20(25-19)12-27(2)3/h4,7-11,14H,5-6,12H2,1-3H3,(H,24,26,28). The maximum Gasteiger partial charge on any atom is 0.228 e. The second-order valence-electron chi connectivity index (χ2n) is 7.71. The van der Waals surface area contributed by atoms with E-state index in [9.17, 15) is 9.18 Å². The highest BCUT2D eigenvalue weighted by atomic mass is 19.1. The van der Waals surface area contributed by atoms with Crippen molar-refractivity contribution < 1.29 is 9.18 Å². The third kappa shape index (κ3) is 3.87. The lowest BCUT2D eigenvalue weighted by atomic mass is 10.0. The minimum Gasteiger partial charge on any atom is -0.310 e. The van der Waals surface area contributed by atoms with E-state index in [4.69, 9.17) is 4.98 Å². The zero-order valence-electron chi connectivity index (χ0n) is 16.3. The summed E-state index contributed by atoms with van der Waals surface area (Å²) in [6.07, 6.45) is 3.64. The highest BCUT2D eigenvalue weighted by molar-refractivity contribution is 5.96. The van der Waals surface area contributed by atoms with Crippen LogP contribution >= 0.6 is 0 Å². The third-order valence-corrected chi connectivity index (χ3v) is 4.93. The Hall–Kier alpha value is -2.86. The number of halogens is 1. The number of aromatic nitrogens is 2. The average Bonchev–Trinajstić information content (AvgIpc) is 3.49. The molecule has 1 aliphatic carbocycles. The molecule has 1 saturated carbocycles. The fourth-order valence-electron chi connectivity index (χ4n) is 3.29. The Morgan fingerprint density at radius 1 is 1.25 bits per heavy atom. The van der Waals surface area contributed by atoms with Crippen LogP contribution in [-0.4, -0.2) is 34.9 Å². The lowest BCUT2D eigenvalue weighted by Gasteiger charge is -2.15. The molecule has 5 nitrogen and oxygen atoms in total. The van der Waals surface area contributed by atoms with E-state index in [-0.39, 0.29) is 17.6 Å². The fourth-order valence-corrected chi connectivity index (χ4v) is 3.29. The first-order valence-electron chi connectivity index (χ1n) is 9.42. The van der Waals surface area contributed by atoms with E-state index >= 15 is 0 Å². The monoisotopic (exact) mass is 378 g/mol. The maximum absolute atomic E-state index is 13.8. The van der Waals surface area contributed by atoms with Crippen LogP contribution in [0.4, 0.5) is 10.2 Å². The third-order valence-electron chi connectivity index (χ3n) is 4.93. The topological polar surface area (TPSA) is 58.1 Å². The Morgan fingerprint density at radius 2 is 2.04 bits per heavy atom. The number of anilines is 1. The molecule has 1 aromatic carbocycles. The first-order valence-corrected chi connectivity index (χ1v) is 9.42. The molecular formula is C22H23FN4O. The maximum atomic E-state index is 13.8. The zero-order chi connectivity index (χ0) is 19.8. The Morgan fingerprint density at radius 3 is 2.75 bits per heavy atom. The Labute approximate surface area is 163 Å². The lowest BCUT2D eigenvalue weighted by Crippen LogP contribution is -2.15. The van der Waals surface area contributed by atoms with Crippen molar-refractivity contribution in [2.45, 2.75) is 26.3 Å². The largest absolute Gasteiger partial charge is 0.310 e. The highest BCUT2D eigenvalue weighted by Gasteiger charge is 2.29. The normalized spacial score (nSPS) is 13.9. The SMILES string of the molecule is Cc1ccc(F)cc1-c1cc2cnc(NC(=O)C3CC3)cc2c(CN(C)C)n1. The molecule has 0 unspecified atom stereocenters. The van der Waals surface area contributed by atoms with Crippen molar-refractivity contribution in [1.29, 1.82) is 0 Å². The van der Waals surface area contributed by atoms with Crippen LogP contribution in [0.15, 0.2) is 36.5 Å². The molecule has 1 fully saturated rings. The van der Waals surface area contributed by atoms with E-state index < -0.39 is 0 Å². The van der Waals surface area contributed by atoms with Gasteiger partial charge in [0.25, 0.3) is 0 Å².